The lowest BCUT2D eigenvalue weighted by Gasteiger charge is -2.62. The van der Waals surface area contributed by atoms with Gasteiger partial charge in [-0.2, -0.15) is 8.42 Å². The summed E-state index contributed by atoms with van der Waals surface area (Å²) in [4.78, 5) is 0. The third-order valence-corrected chi connectivity index (χ3v) is 15.2. The molecule has 4 saturated carbocycles. The Morgan fingerprint density at radius 1 is 0.796 bits per heavy atom. The van der Waals surface area contributed by atoms with E-state index < -0.39 is 16.5 Å². The number of nitrogens with one attached hydrogen (secondary N) is 2. The molecule has 0 saturated heterocycles. The monoisotopic (exact) mass is 712 g/mol. The fourth-order valence-corrected chi connectivity index (χ4v) is 12.5. The van der Waals surface area contributed by atoms with Crippen LogP contribution in [0.1, 0.15) is 150 Å². The van der Waals surface area contributed by atoms with Crippen molar-refractivity contribution in [1.29, 1.82) is 0 Å². The topological polar surface area (TPSA) is 134 Å². The SMILES string of the molecule is CC(C)C(CC[C@@H](C)[C@H]1CC[C@H]2C3[C@H](O)C[C@H]4CC(CCCCCCNCCCCNCCCN)CC[C@]4(C)[C@H]3CCC12C)OS(=O)(=O)O. The second-order valence-corrected chi connectivity index (χ2v) is 19.1. The molecule has 6 N–H and O–H groups in total. The first kappa shape index (κ1) is 41.5. The van der Waals surface area contributed by atoms with Crippen LogP contribution in [0, 0.1) is 58.2 Å². The molecular weight excluding hydrogens is 635 g/mol. The summed E-state index contributed by atoms with van der Waals surface area (Å²) in [6.45, 7) is 16.6. The number of rotatable bonds is 22. The van der Waals surface area contributed by atoms with Crippen molar-refractivity contribution in [2.24, 2.45) is 63.9 Å². The summed E-state index contributed by atoms with van der Waals surface area (Å²) in [5.74, 6) is 4.21. The zero-order valence-corrected chi connectivity index (χ0v) is 33.0. The van der Waals surface area contributed by atoms with E-state index in [4.69, 9.17) is 9.92 Å². The van der Waals surface area contributed by atoms with E-state index >= 15 is 0 Å². The standard InChI is InChI=1S/C40H77N3O5S/c1-29(2)37(48-49(45,46)47)17-14-30(3)33-15-16-34-38-35(19-21-40(33,34)5)39(4)20-18-31(27-32(39)28-36(38)44)13-8-6-7-9-23-42-24-10-11-25-43-26-12-22-41/h29-38,42-44H,6-28,41H2,1-5H3,(H,45,46,47)/t30-,31?,32-,33-,34+,35+,36-,37?,38?,39+,40?/m1/s1. The van der Waals surface area contributed by atoms with E-state index in [1.807, 2.05) is 13.8 Å². The quantitative estimate of drug-likeness (QED) is 0.0569. The van der Waals surface area contributed by atoms with Crippen LogP contribution in [0.25, 0.3) is 0 Å². The molecule has 0 aromatic heterocycles. The van der Waals surface area contributed by atoms with Crippen LogP contribution < -0.4 is 16.4 Å². The zero-order chi connectivity index (χ0) is 35.7. The van der Waals surface area contributed by atoms with Gasteiger partial charge in [-0.1, -0.05) is 60.3 Å². The van der Waals surface area contributed by atoms with Crippen molar-refractivity contribution in [2.45, 2.75) is 162 Å². The lowest BCUT2D eigenvalue weighted by molar-refractivity contribution is -0.169. The van der Waals surface area contributed by atoms with E-state index in [1.54, 1.807) is 0 Å². The molecule has 4 aliphatic rings. The van der Waals surface area contributed by atoms with Gasteiger partial charge in [0, 0.05) is 0 Å². The highest BCUT2D eigenvalue weighted by atomic mass is 32.3. The van der Waals surface area contributed by atoms with Gasteiger partial charge in [0.2, 0.25) is 0 Å². The van der Waals surface area contributed by atoms with Crippen molar-refractivity contribution in [3.8, 4) is 0 Å². The number of nitrogens with two attached hydrogens (primary N) is 1. The van der Waals surface area contributed by atoms with Gasteiger partial charge in [-0.3, -0.25) is 4.55 Å². The lowest BCUT2D eigenvalue weighted by Crippen LogP contribution is -2.58. The molecule has 0 aromatic rings. The molecule has 4 unspecified atom stereocenters. The maximum Gasteiger partial charge on any atom is 0.397 e. The summed E-state index contributed by atoms with van der Waals surface area (Å²) < 4.78 is 37.2. The maximum atomic E-state index is 11.9. The van der Waals surface area contributed by atoms with Gasteiger partial charge < -0.3 is 21.5 Å². The van der Waals surface area contributed by atoms with Crippen molar-refractivity contribution in [2.75, 3.05) is 32.7 Å². The highest BCUT2D eigenvalue weighted by molar-refractivity contribution is 7.80. The minimum Gasteiger partial charge on any atom is -0.393 e. The van der Waals surface area contributed by atoms with Gasteiger partial charge in [-0.05, 0) is 181 Å². The van der Waals surface area contributed by atoms with Crippen molar-refractivity contribution in [1.82, 2.24) is 10.6 Å². The molecule has 0 spiro atoms. The Morgan fingerprint density at radius 3 is 2.06 bits per heavy atom. The van der Waals surface area contributed by atoms with E-state index in [0.717, 1.165) is 57.9 Å². The van der Waals surface area contributed by atoms with Crippen LogP contribution in [0.15, 0.2) is 0 Å². The van der Waals surface area contributed by atoms with Crippen molar-refractivity contribution >= 4 is 10.4 Å². The number of fused-ring (bicyclic) bond motifs is 5. The first-order valence-corrected chi connectivity index (χ1v) is 22.1. The minimum atomic E-state index is -4.45. The Kier molecular flexibility index (Phi) is 16.2. The summed E-state index contributed by atoms with van der Waals surface area (Å²) in [7, 11) is -4.45. The molecule has 0 aromatic carbocycles. The van der Waals surface area contributed by atoms with Gasteiger partial charge in [0.15, 0.2) is 0 Å². The molecule has 0 bridgehead atoms. The van der Waals surface area contributed by atoms with E-state index in [9.17, 15) is 18.1 Å². The van der Waals surface area contributed by atoms with Crippen LogP contribution >= 0.6 is 0 Å². The molecule has 0 amide bonds. The first-order valence-electron chi connectivity index (χ1n) is 20.8. The Morgan fingerprint density at radius 2 is 1.41 bits per heavy atom. The molecular formula is C40H77N3O5S. The molecule has 8 nitrogen and oxygen atoms in total. The number of aliphatic hydroxyl groups excluding tert-OH is 1. The summed E-state index contributed by atoms with van der Waals surface area (Å²) in [6, 6.07) is 0. The molecule has 4 aliphatic carbocycles. The molecule has 288 valence electrons. The molecule has 11 atom stereocenters. The summed E-state index contributed by atoms with van der Waals surface area (Å²) in [6.07, 6.45) is 21.1. The summed E-state index contributed by atoms with van der Waals surface area (Å²) in [5.41, 5.74) is 6.14. The number of hydrogen-bond donors (Lipinski definition) is 5. The maximum absolute atomic E-state index is 11.9. The Hall–Kier alpha value is -0.290. The van der Waals surface area contributed by atoms with Crippen LogP contribution in [0.4, 0.5) is 0 Å². The molecule has 0 aliphatic heterocycles. The summed E-state index contributed by atoms with van der Waals surface area (Å²) >= 11 is 0. The van der Waals surface area contributed by atoms with Crippen molar-refractivity contribution in [3.63, 3.8) is 0 Å². The molecule has 0 radical (unpaired) electrons. The Balaban J connectivity index is 1.18. The average molecular weight is 712 g/mol. The molecule has 4 fully saturated rings. The van der Waals surface area contributed by atoms with Crippen LogP contribution in [0.3, 0.4) is 0 Å². The molecule has 0 heterocycles. The van der Waals surface area contributed by atoms with Crippen molar-refractivity contribution in [3.05, 3.63) is 0 Å². The second-order valence-electron chi connectivity index (χ2n) is 18.1. The normalized spacial score (nSPS) is 35.9. The lowest BCUT2D eigenvalue weighted by atomic mass is 9.43. The fourth-order valence-electron chi connectivity index (χ4n) is 11.8. The first-order chi connectivity index (χ1) is 23.3. The molecule has 49 heavy (non-hydrogen) atoms. The highest BCUT2D eigenvalue weighted by Crippen LogP contribution is 2.68. The van der Waals surface area contributed by atoms with Gasteiger partial charge in [-0.25, -0.2) is 4.18 Å². The largest absolute Gasteiger partial charge is 0.397 e. The third-order valence-electron chi connectivity index (χ3n) is 14.7. The van der Waals surface area contributed by atoms with Gasteiger partial charge in [0.05, 0.1) is 12.2 Å². The number of aliphatic hydroxyl groups is 1. The number of hydrogen-bond acceptors (Lipinski definition) is 7. The molecule has 4 rings (SSSR count). The zero-order valence-electron chi connectivity index (χ0n) is 32.1. The second kappa shape index (κ2) is 19.2. The Labute approximate surface area is 301 Å². The highest BCUT2D eigenvalue weighted by Gasteiger charge is 2.62. The van der Waals surface area contributed by atoms with E-state index in [-0.39, 0.29) is 17.4 Å². The molecule has 9 heteroatoms. The van der Waals surface area contributed by atoms with E-state index in [1.165, 1.54) is 89.9 Å². The fraction of sp³-hybridized carbons (Fsp3) is 1.00. The van der Waals surface area contributed by atoms with Gasteiger partial charge >= 0.3 is 10.4 Å². The van der Waals surface area contributed by atoms with Crippen LogP contribution in [-0.4, -0.2) is 63.0 Å². The predicted molar refractivity (Wildman–Crippen MR) is 201 cm³/mol. The van der Waals surface area contributed by atoms with E-state index in [0.29, 0.717) is 47.3 Å². The van der Waals surface area contributed by atoms with Crippen LogP contribution in [0.5, 0.6) is 0 Å². The summed E-state index contributed by atoms with van der Waals surface area (Å²) in [5, 5.41) is 19.0. The smallest absolute Gasteiger partial charge is 0.393 e. The third kappa shape index (κ3) is 11.1. The van der Waals surface area contributed by atoms with Gasteiger partial charge in [-0.15, -0.1) is 0 Å². The van der Waals surface area contributed by atoms with Crippen molar-refractivity contribution < 1.29 is 22.3 Å². The van der Waals surface area contributed by atoms with E-state index in [2.05, 4.69) is 31.4 Å². The predicted octanol–water partition coefficient (Wildman–Crippen LogP) is 7.75. The van der Waals surface area contributed by atoms with Crippen LogP contribution in [0.2, 0.25) is 0 Å². The average Bonchev–Trinajstić information content (AvgIpc) is 3.40. The van der Waals surface area contributed by atoms with Gasteiger partial charge in [0.25, 0.3) is 0 Å². The number of unbranched alkanes of at least 4 members (excludes halogenated alkanes) is 4. The minimum absolute atomic E-state index is 0.0189. The van der Waals surface area contributed by atoms with Gasteiger partial charge in [0.1, 0.15) is 0 Å². The Bertz CT molecular complexity index is 1080. The van der Waals surface area contributed by atoms with Crippen LogP contribution in [-0.2, 0) is 14.6 Å².